The zero-order chi connectivity index (χ0) is 14.1. The number of benzene rings is 1. The highest BCUT2D eigenvalue weighted by Gasteiger charge is 2.27. The van der Waals surface area contributed by atoms with E-state index in [1.807, 2.05) is 12.1 Å². The van der Waals surface area contributed by atoms with Gasteiger partial charge in [-0.25, -0.2) is 0 Å². The fraction of sp³-hybridized carbons (Fsp3) is 0.400. The summed E-state index contributed by atoms with van der Waals surface area (Å²) in [4.78, 5) is 12.0. The summed E-state index contributed by atoms with van der Waals surface area (Å²) in [6, 6.07) is 6.11. The van der Waals surface area contributed by atoms with Gasteiger partial charge in [0.25, 0.3) is 0 Å². The first-order chi connectivity index (χ1) is 9.61. The van der Waals surface area contributed by atoms with Crippen molar-refractivity contribution in [1.82, 2.24) is 10.2 Å². The predicted octanol–water partition coefficient (Wildman–Crippen LogP) is 3.21. The van der Waals surface area contributed by atoms with Crippen molar-refractivity contribution in [2.24, 2.45) is 0 Å². The first-order valence-electron chi connectivity index (χ1n) is 6.81. The number of hydrogen-bond donors (Lipinski definition) is 1. The molecule has 104 valence electrons. The molecular formula is C15H17N3OS. The zero-order valence-corrected chi connectivity index (χ0v) is 12.5. The van der Waals surface area contributed by atoms with Crippen LogP contribution in [0, 0.1) is 13.8 Å². The number of carbonyl (C=O) groups excluding carboxylic acids is 1. The molecule has 4 nitrogen and oxygen atoms in total. The Morgan fingerprint density at radius 3 is 2.80 bits per heavy atom. The minimum atomic E-state index is -0.0354. The van der Waals surface area contributed by atoms with Gasteiger partial charge in [0.1, 0.15) is 5.01 Å². The summed E-state index contributed by atoms with van der Waals surface area (Å²) in [5.74, 6) is 0.546. The van der Waals surface area contributed by atoms with Gasteiger partial charge in [0.15, 0.2) is 0 Å². The zero-order valence-electron chi connectivity index (χ0n) is 11.6. The standard InChI is InChI=1S/C15H17N3OS/c1-9-3-4-11(7-10(9)2)8-13(19)16-15-18-17-14(20-15)12-5-6-12/h3-4,7,12H,5-6,8H2,1-2H3,(H,16,18,19). The van der Waals surface area contributed by atoms with E-state index in [-0.39, 0.29) is 5.91 Å². The molecule has 1 fully saturated rings. The summed E-state index contributed by atoms with van der Waals surface area (Å²) in [5.41, 5.74) is 3.48. The molecule has 1 aromatic carbocycles. The van der Waals surface area contributed by atoms with Crippen molar-refractivity contribution < 1.29 is 4.79 Å². The Bertz CT molecular complexity index is 646. The second-order valence-electron chi connectivity index (χ2n) is 5.36. The summed E-state index contributed by atoms with van der Waals surface area (Å²) in [5, 5.41) is 12.6. The number of hydrogen-bond acceptors (Lipinski definition) is 4. The van der Waals surface area contributed by atoms with Crippen LogP contribution in [-0.2, 0) is 11.2 Å². The van der Waals surface area contributed by atoms with Crippen molar-refractivity contribution in [3.05, 3.63) is 39.9 Å². The Hall–Kier alpha value is -1.75. The molecule has 0 spiro atoms. The SMILES string of the molecule is Cc1ccc(CC(=O)Nc2nnc(C3CC3)s2)cc1C. The second kappa shape index (κ2) is 5.32. The van der Waals surface area contributed by atoms with Crippen molar-refractivity contribution in [1.29, 1.82) is 0 Å². The smallest absolute Gasteiger partial charge is 0.230 e. The molecule has 1 amide bonds. The van der Waals surface area contributed by atoms with Crippen LogP contribution in [0.3, 0.4) is 0 Å². The molecule has 1 aliphatic rings. The van der Waals surface area contributed by atoms with Crippen molar-refractivity contribution in [2.75, 3.05) is 5.32 Å². The number of nitrogens with one attached hydrogen (secondary N) is 1. The molecule has 1 heterocycles. The van der Waals surface area contributed by atoms with E-state index in [1.165, 1.54) is 35.3 Å². The Morgan fingerprint density at radius 2 is 2.10 bits per heavy atom. The highest BCUT2D eigenvalue weighted by atomic mass is 32.1. The van der Waals surface area contributed by atoms with Gasteiger partial charge in [-0.3, -0.25) is 4.79 Å². The number of rotatable bonds is 4. The average Bonchev–Trinajstić information content (AvgIpc) is 3.15. The third-order valence-electron chi connectivity index (χ3n) is 3.55. The van der Waals surface area contributed by atoms with E-state index in [0.29, 0.717) is 17.5 Å². The second-order valence-corrected chi connectivity index (χ2v) is 6.37. The molecule has 1 aliphatic carbocycles. The van der Waals surface area contributed by atoms with Crippen LogP contribution in [0.2, 0.25) is 0 Å². The normalized spacial score (nSPS) is 14.3. The lowest BCUT2D eigenvalue weighted by molar-refractivity contribution is -0.115. The quantitative estimate of drug-likeness (QED) is 0.939. The first kappa shape index (κ1) is 13.2. The molecule has 1 aromatic heterocycles. The molecule has 0 aliphatic heterocycles. The third-order valence-corrected chi connectivity index (χ3v) is 4.55. The van der Waals surface area contributed by atoms with Crippen LogP contribution in [0.1, 0.15) is 40.5 Å². The number of amides is 1. The Balaban J connectivity index is 1.61. The molecule has 3 rings (SSSR count). The van der Waals surface area contributed by atoms with Crippen LogP contribution in [0.15, 0.2) is 18.2 Å². The molecule has 0 radical (unpaired) electrons. The molecule has 1 saturated carbocycles. The van der Waals surface area contributed by atoms with Crippen molar-refractivity contribution in [3.63, 3.8) is 0 Å². The fourth-order valence-electron chi connectivity index (χ4n) is 2.04. The van der Waals surface area contributed by atoms with Crippen LogP contribution in [0.4, 0.5) is 5.13 Å². The molecule has 0 unspecified atom stereocenters. The highest BCUT2D eigenvalue weighted by molar-refractivity contribution is 7.15. The van der Waals surface area contributed by atoms with Crippen LogP contribution in [0.5, 0.6) is 0 Å². The van der Waals surface area contributed by atoms with Gasteiger partial charge in [-0.15, -0.1) is 10.2 Å². The Kier molecular flexibility index (Phi) is 3.53. The number of carbonyl (C=O) groups is 1. The minimum absolute atomic E-state index is 0.0354. The first-order valence-corrected chi connectivity index (χ1v) is 7.63. The van der Waals surface area contributed by atoms with Gasteiger partial charge in [-0.05, 0) is 43.4 Å². The van der Waals surface area contributed by atoms with E-state index in [0.717, 1.165) is 10.6 Å². The number of aromatic nitrogens is 2. The van der Waals surface area contributed by atoms with Gasteiger partial charge in [0, 0.05) is 5.92 Å². The summed E-state index contributed by atoms with van der Waals surface area (Å²) in [7, 11) is 0. The summed E-state index contributed by atoms with van der Waals surface area (Å²) in [6.07, 6.45) is 2.77. The molecule has 0 bridgehead atoms. The van der Waals surface area contributed by atoms with Gasteiger partial charge in [-0.2, -0.15) is 0 Å². The molecule has 2 aromatic rings. The van der Waals surface area contributed by atoms with Gasteiger partial charge >= 0.3 is 0 Å². The largest absolute Gasteiger partial charge is 0.300 e. The molecule has 1 N–H and O–H groups in total. The highest BCUT2D eigenvalue weighted by Crippen LogP contribution is 2.42. The minimum Gasteiger partial charge on any atom is -0.300 e. The maximum Gasteiger partial charge on any atom is 0.230 e. The van der Waals surface area contributed by atoms with Crippen LogP contribution in [0.25, 0.3) is 0 Å². The maximum atomic E-state index is 12.0. The fourth-order valence-corrected chi connectivity index (χ4v) is 2.97. The van der Waals surface area contributed by atoms with E-state index in [2.05, 4.69) is 35.4 Å². The van der Waals surface area contributed by atoms with Gasteiger partial charge < -0.3 is 5.32 Å². The van der Waals surface area contributed by atoms with Gasteiger partial charge in [0.05, 0.1) is 6.42 Å². The topological polar surface area (TPSA) is 54.9 Å². The van der Waals surface area contributed by atoms with Crippen molar-refractivity contribution in [3.8, 4) is 0 Å². The van der Waals surface area contributed by atoms with E-state index in [1.54, 1.807) is 0 Å². The summed E-state index contributed by atoms with van der Waals surface area (Å²) < 4.78 is 0. The molecule has 0 saturated heterocycles. The number of nitrogens with zero attached hydrogens (tertiary/aromatic N) is 2. The number of aryl methyl sites for hydroxylation is 2. The van der Waals surface area contributed by atoms with Gasteiger partial charge in [-0.1, -0.05) is 29.5 Å². The summed E-state index contributed by atoms with van der Waals surface area (Å²) >= 11 is 1.49. The lowest BCUT2D eigenvalue weighted by Gasteiger charge is -2.05. The molecule has 0 atom stereocenters. The Morgan fingerprint density at radius 1 is 1.30 bits per heavy atom. The molecular weight excluding hydrogens is 270 g/mol. The van der Waals surface area contributed by atoms with Crippen molar-refractivity contribution in [2.45, 2.75) is 39.0 Å². The van der Waals surface area contributed by atoms with E-state index >= 15 is 0 Å². The van der Waals surface area contributed by atoms with E-state index < -0.39 is 0 Å². The summed E-state index contributed by atoms with van der Waals surface area (Å²) in [6.45, 7) is 4.13. The van der Waals surface area contributed by atoms with Crippen LogP contribution in [-0.4, -0.2) is 16.1 Å². The lowest BCUT2D eigenvalue weighted by Crippen LogP contribution is -2.14. The Labute approximate surface area is 122 Å². The average molecular weight is 287 g/mol. The van der Waals surface area contributed by atoms with Crippen LogP contribution >= 0.6 is 11.3 Å². The number of anilines is 1. The van der Waals surface area contributed by atoms with E-state index in [9.17, 15) is 4.79 Å². The van der Waals surface area contributed by atoms with E-state index in [4.69, 9.17) is 0 Å². The predicted molar refractivity (Wildman–Crippen MR) is 80.1 cm³/mol. The maximum absolute atomic E-state index is 12.0. The van der Waals surface area contributed by atoms with Crippen LogP contribution < -0.4 is 5.32 Å². The molecule has 20 heavy (non-hydrogen) atoms. The monoisotopic (exact) mass is 287 g/mol. The lowest BCUT2D eigenvalue weighted by atomic mass is 10.0. The third kappa shape index (κ3) is 3.04. The molecule has 5 heteroatoms. The van der Waals surface area contributed by atoms with Gasteiger partial charge in [0.2, 0.25) is 11.0 Å². The van der Waals surface area contributed by atoms with Crippen molar-refractivity contribution >= 4 is 22.4 Å².